The predicted molar refractivity (Wildman–Crippen MR) is 72.3 cm³/mol. The van der Waals surface area contributed by atoms with Crippen LogP contribution in [0.4, 0.5) is 0 Å². The molecule has 4 nitrogen and oxygen atoms in total. The van der Waals surface area contributed by atoms with Crippen molar-refractivity contribution in [2.45, 2.75) is 31.5 Å². The summed E-state index contributed by atoms with van der Waals surface area (Å²) < 4.78 is 1.58. The Kier molecular flexibility index (Phi) is 5.68. The van der Waals surface area contributed by atoms with Crippen molar-refractivity contribution < 1.29 is 4.79 Å². The van der Waals surface area contributed by atoms with Gasteiger partial charge in [0.15, 0.2) is 0 Å². The van der Waals surface area contributed by atoms with E-state index >= 15 is 0 Å². The SMILES string of the molecule is CCC(CC)C(Br)CNC(=O)c1ccnn1C. The number of carbonyl (C=O) groups is 1. The molecule has 5 heteroatoms. The molecule has 0 fully saturated rings. The molecule has 0 radical (unpaired) electrons. The van der Waals surface area contributed by atoms with Crippen LogP contribution in [0.5, 0.6) is 0 Å². The Bertz CT molecular complexity index is 360. The number of amides is 1. The van der Waals surface area contributed by atoms with E-state index in [-0.39, 0.29) is 5.91 Å². The first-order valence-electron chi connectivity index (χ1n) is 6.00. The minimum atomic E-state index is -0.0691. The van der Waals surface area contributed by atoms with Crippen LogP contribution in [0.25, 0.3) is 0 Å². The van der Waals surface area contributed by atoms with Gasteiger partial charge in [0, 0.05) is 24.6 Å². The van der Waals surface area contributed by atoms with Crippen molar-refractivity contribution in [2.75, 3.05) is 6.54 Å². The zero-order chi connectivity index (χ0) is 12.8. The van der Waals surface area contributed by atoms with Crippen molar-refractivity contribution in [3.05, 3.63) is 18.0 Å². The third-order valence-electron chi connectivity index (χ3n) is 3.07. The predicted octanol–water partition coefficient (Wildman–Crippen LogP) is 2.35. The Balaban J connectivity index is 2.46. The van der Waals surface area contributed by atoms with Crippen molar-refractivity contribution in [1.82, 2.24) is 15.1 Å². The Hall–Kier alpha value is -0.840. The number of halogens is 1. The van der Waals surface area contributed by atoms with E-state index < -0.39 is 0 Å². The van der Waals surface area contributed by atoms with Crippen LogP contribution in [-0.4, -0.2) is 27.1 Å². The van der Waals surface area contributed by atoms with E-state index in [0.717, 1.165) is 12.8 Å². The Labute approximate surface area is 111 Å². The highest BCUT2D eigenvalue weighted by Crippen LogP contribution is 2.19. The van der Waals surface area contributed by atoms with Crippen LogP contribution in [0.1, 0.15) is 37.2 Å². The van der Waals surface area contributed by atoms with E-state index in [9.17, 15) is 4.79 Å². The van der Waals surface area contributed by atoms with Crippen LogP contribution < -0.4 is 5.32 Å². The molecular weight excluding hydrogens is 282 g/mol. The molecule has 0 saturated heterocycles. The summed E-state index contributed by atoms with van der Waals surface area (Å²) in [5.41, 5.74) is 0.592. The first kappa shape index (κ1) is 14.2. The van der Waals surface area contributed by atoms with Crippen LogP contribution in [0, 0.1) is 5.92 Å². The monoisotopic (exact) mass is 301 g/mol. The lowest BCUT2D eigenvalue weighted by atomic mass is 9.99. The van der Waals surface area contributed by atoms with Gasteiger partial charge in [-0.15, -0.1) is 0 Å². The van der Waals surface area contributed by atoms with E-state index in [2.05, 4.69) is 40.2 Å². The van der Waals surface area contributed by atoms with Crippen molar-refractivity contribution in [2.24, 2.45) is 13.0 Å². The highest BCUT2D eigenvalue weighted by molar-refractivity contribution is 9.09. The zero-order valence-corrected chi connectivity index (χ0v) is 12.2. The molecule has 0 aliphatic carbocycles. The quantitative estimate of drug-likeness (QED) is 0.820. The van der Waals surface area contributed by atoms with Gasteiger partial charge < -0.3 is 5.32 Å². The van der Waals surface area contributed by atoms with Gasteiger partial charge >= 0.3 is 0 Å². The minimum Gasteiger partial charge on any atom is -0.350 e. The zero-order valence-electron chi connectivity index (χ0n) is 10.6. The molecule has 1 amide bonds. The Morgan fingerprint density at radius 1 is 1.53 bits per heavy atom. The lowest BCUT2D eigenvalue weighted by Crippen LogP contribution is -2.33. The molecule has 1 unspecified atom stereocenters. The third-order valence-corrected chi connectivity index (χ3v) is 4.14. The molecule has 1 heterocycles. The van der Waals surface area contributed by atoms with Crippen LogP contribution in [0.3, 0.4) is 0 Å². The number of carbonyl (C=O) groups excluding carboxylic acids is 1. The van der Waals surface area contributed by atoms with Gasteiger partial charge in [0.05, 0.1) is 0 Å². The van der Waals surface area contributed by atoms with Gasteiger partial charge in [-0.3, -0.25) is 9.48 Å². The molecule has 0 spiro atoms. The molecule has 1 aromatic heterocycles. The van der Waals surface area contributed by atoms with Crippen LogP contribution in [0.15, 0.2) is 12.3 Å². The largest absolute Gasteiger partial charge is 0.350 e. The molecule has 0 aliphatic rings. The third kappa shape index (κ3) is 3.84. The van der Waals surface area contributed by atoms with Gasteiger partial charge in [0.1, 0.15) is 5.69 Å². The summed E-state index contributed by atoms with van der Waals surface area (Å²) >= 11 is 3.64. The lowest BCUT2D eigenvalue weighted by Gasteiger charge is -2.19. The second-order valence-electron chi connectivity index (χ2n) is 4.14. The van der Waals surface area contributed by atoms with Gasteiger partial charge in [-0.05, 0) is 12.0 Å². The standard InChI is InChI=1S/C12H20BrN3O/c1-4-9(5-2)10(13)8-14-12(17)11-6-7-15-16(11)3/h6-7,9-10H,4-5,8H2,1-3H3,(H,14,17). The highest BCUT2D eigenvalue weighted by atomic mass is 79.9. The summed E-state index contributed by atoms with van der Waals surface area (Å²) in [6.07, 6.45) is 3.86. The number of nitrogens with zero attached hydrogens (tertiary/aromatic N) is 2. The molecule has 0 saturated carbocycles. The van der Waals surface area contributed by atoms with Crippen molar-refractivity contribution >= 4 is 21.8 Å². The van der Waals surface area contributed by atoms with Crippen molar-refractivity contribution in [3.63, 3.8) is 0 Å². The maximum absolute atomic E-state index is 11.8. The van der Waals surface area contributed by atoms with E-state index in [0.29, 0.717) is 23.0 Å². The first-order chi connectivity index (χ1) is 8.10. The number of aryl methyl sites for hydroxylation is 1. The molecule has 1 atom stereocenters. The average molecular weight is 302 g/mol. The smallest absolute Gasteiger partial charge is 0.269 e. The molecule has 17 heavy (non-hydrogen) atoms. The van der Waals surface area contributed by atoms with Crippen LogP contribution in [-0.2, 0) is 7.05 Å². The van der Waals surface area contributed by atoms with E-state index in [1.165, 1.54) is 0 Å². The van der Waals surface area contributed by atoms with E-state index in [4.69, 9.17) is 0 Å². The summed E-state index contributed by atoms with van der Waals surface area (Å²) in [6.45, 7) is 4.99. The normalized spacial score (nSPS) is 12.8. The summed E-state index contributed by atoms with van der Waals surface area (Å²) in [5.74, 6) is 0.530. The Morgan fingerprint density at radius 2 is 2.18 bits per heavy atom. The maximum Gasteiger partial charge on any atom is 0.269 e. The molecular formula is C12H20BrN3O. The van der Waals surface area contributed by atoms with Gasteiger partial charge in [-0.1, -0.05) is 42.6 Å². The number of hydrogen-bond donors (Lipinski definition) is 1. The molecule has 1 N–H and O–H groups in total. The summed E-state index contributed by atoms with van der Waals surface area (Å²) in [6, 6.07) is 1.72. The molecule has 0 aliphatic heterocycles. The van der Waals surface area contributed by atoms with E-state index in [1.54, 1.807) is 24.0 Å². The lowest BCUT2D eigenvalue weighted by molar-refractivity contribution is 0.0942. The summed E-state index contributed by atoms with van der Waals surface area (Å²) in [5, 5.41) is 6.90. The summed E-state index contributed by atoms with van der Waals surface area (Å²) in [7, 11) is 1.77. The number of rotatable bonds is 6. The minimum absolute atomic E-state index is 0.0691. The van der Waals surface area contributed by atoms with Crippen molar-refractivity contribution in [3.8, 4) is 0 Å². The van der Waals surface area contributed by atoms with Crippen LogP contribution >= 0.6 is 15.9 Å². The number of aromatic nitrogens is 2. The molecule has 0 aromatic carbocycles. The number of nitrogens with one attached hydrogen (secondary N) is 1. The Morgan fingerprint density at radius 3 is 2.65 bits per heavy atom. The second kappa shape index (κ2) is 6.79. The van der Waals surface area contributed by atoms with E-state index in [1.807, 2.05) is 0 Å². The number of alkyl halides is 1. The molecule has 1 aromatic rings. The molecule has 96 valence electrons. The van der Waals surface area contributed by atoms with Gasteiger partial charge in [0.25, 0.3) is 5.91 Å². The number of hydrogen-bond acceptors (Lipinski definition) is 2. The highest BCUT2D eigenvalue weighted by Gasteiger charge is 2.17. The fourth-order valence-corrected chi connectivity index (χ4v) is 2.75. The van der Waals surface area contributed by atoms with Crippen molar-refractivity contribution in [1.29, 1.82) is 0 Å². The average Bonchev–Trinajstić information content (AvgIpc) is 2.74. The summed E-state index contributed by atoms with van der Waals surface area (Å²) in [4.78, 5) is 12.2. The topological polar surface area (TPSA) is 46.9 Å². The van der Waals surface area contributed by atoms with Crippen LogP contribution in [0.2, 0.25) is 0 Å². The second-order valence-corrected chi connectivity index (χ2v) is 5.32. The van der Waals surface area contributed by atoms with Gasteiger partial charge in [0.2, 0.25) is 0 Å². The van der Waals surface area contributed by atoms with Gasteiger partial charge in [-0.25, -0.2) is 0 Å². The van der Waals surface area contributed by atoms with Gasteiger partial charge in [-0.2, -0.15) is 5.10 Å². The first-order valence-corrected chi connectivity index (χ1v) is 6.91. The molecule has 1 rings (SSSR count). The molecule has 0 bridgehead atoms. The fraction of sp³-hybridized carbons (Fsp3) is 0.667. The fourth-order valence-electron chi connectivity index (χ4n) is 1.84. The maximum atomic E-state index is 11.8.